The van der Waals surface area contributed by atoms with E-state index in [0.717, 1.165) is 11.1 Å². The second-order valence-electron chi connectivity index (χ2n) is 3.41. The summed E-state index contributed by atoms with van der Waals surface area (Å²) in [6.45, 7) is 1.97. The van der Waals surface area contributed by atoms with Crippen LogP contribution in [0.4, 0.5) is 0 Å². The molecule has 0 unspecified atom stereocenters. The van der Waals surface area contributed by atoms with Crippen LogP contribution < -0.4 is 0 Å². The highest BCUT2D eigenvalue weighted by Crippen LogP contribution is 2.19. The fourth-order valence-electron chi connectivity index (χ4n) is 1.44. The van der Waals surface area contributed by atoms with Crippen LogP contribution in [0.1, 0.15) is 16.1 Å². The number of carboxylic acids is 1. The number of hydrogen-bond donors (Lipinski definition) is 1. The Balaban J connectivity index is 2.43. The molecule has 0 aliphatic rings. The molecule has 4 heteroatoms. The van der Waals surface area contributed by atoms with Gasteiger partial charge in [0.2, 0.25) is 0 Å². The van der Waals surface area contributed by atoms with Crippen molar-refractivity contribution in [1.82, 2.24) is 9.97 Å². The van der Waals surface area contributed by atoms with E-state index in [1.54, 1.807) is 0 Å². The third kappa shape index (κ3) is 1.91. The molecule has 0 bridgehead atoms. The lowest BCUT2D eigenvalue weighted by atomic mass is 10.1. The maximum atomic E-state index is 10.6. The zero-order valence-corrected chi connectivity index (χ0v) is 8.71. The Morgan fingerprint density at radius 3 is 2.50 bits per heavy atom. The summed E-state index contributed by atoms with van der Waals surface area (Å²) in [6.07, 6.45) is 2.75. The van der Waals surface area contributed by atoms with Crippen molar-refractivity contribution in [2.45, 2.75) is 6.92 Å². The van der Waals surface area contributed by atoms with Crippen molar-refractivity contribution in [2.24, 2.45) is 0 Å². The summed E-state index contributed by atoms with van der Waals surface area (Å²) in [7, 11) is 0. The predicted molar refractivity (Wildman–Crippen MR) is 59.2 cm³/mol. The minimum atomic E-state index is -1.07. The lowest BCUT2D eigenvalue weighted by Gasteiger charge is -2.03. The zero-order valence-electron chi connectivity index (χ0n) is 8.71. The van der Waals surface area contributed by atoms with E-state index in [1.165, 1.54) is 12.4 Å². The van der Waals surface area contributed by atoms with Crippen molar-refractivity contribution in [3.05, 3.63) is 47.9 Å². The SMILES string of the molecule is Cc1ccccc1-c1cnc(C(=O)O)cn1. The van der Waals surface area contributed by atoms with Gasteiger partial charge in [-0.15, -0.1) is 0 Å². The zero-order chi connectivity index (χ0) is 11.5. The Morgan fingerprint density at radius 2 is 1.94 bits per heavy atom. The van der Waals surface area contributed by atoms with Gasteiger partial charge in [0, 0.05) is 5.56 Å². The molecule has 0 aliphatic heterocycles. The molecular weight excluding hydrogens is 204 g/mol. The van der Waals surface area contributed by atoms with Crippen molar-refractivity contribution in [3.8, 4) is 11.3 Å². The molecule has 0 saturated heterocycles. The molecular formula is C12H10N2O2. The summed E-state index contributed by atoms with van der Waals surface area (Å²) in [4.78, 5) is 18.5. The van der Waals surface area contributed by atoms with E-state index < -0.39 is 5.97 Å². The highest BCUT2D eigenvalue weighted by Gasteiger charge is 2.07. The molecule has 1 aromatic carbocycles. The number of nitrogens with zero attached hydrogens (tertiary/aromatic N) is 2. The Morgan fingerprint density at radius 1 is 1.19 bits per heavy atom. The Hall–Kier alpha value is -2.23. The fourth-order valence-corrected chi connectivity index (χ4v) is 1.44. The molecule has 0 radical (unpaired) electrons. The van der Waals surface area contributed by atoms with Gasteiger partial charge in [-0.05, 0) is 12.5 Å². The molecule has 0 amide bonds. The van der Waals surface area contributed by atoms with Crippen LogP contribution in [0, 0.1) is 6.92 Å². The van der Waals surface area contributed by atoms with Crippen LogP contribution in [0.2, 0.25) is 0 Å². The molecule has 2 rings (SSSR count). The molecule has 4 nitrogen and oxygen atoms in total. The largest absolute Gasteiger partial charge is 0.476 e. The van der Waals surface area contributed by atoms with Crippen LogP contribution in [0.15, 0.2) is 36.7 Å². The highest BCUT2D eigenvalue weighted by atomic mass is 16.4. The van der Waals surface area contributed by atoms with E-state index in [1.807, 2.05) is 31.2 Å². The minimum absolute atomic E-state index is 0.0441. The molecule has 0 spiro atoms. The summed E-state index contributed by atoms with van der Waals surface area (Å²) in [5.41, 5.74) is 2.69. The lowest BCUT2D eigenvalue weighted by molar-refractivity contribution is 0.0690. The van der Waals surface area contributed by atoms with Gasteiger partial charge in [-0.2, -0.15) is 0 Å². The molecule has 16 heavy (non-hydrogen) atoms. The molecule has 80 valence electrons. The van der Waals surface area contributed by atoms with E-state index in [-0.39, 0.29) is 5.69 Å². The monoisotopic (exact) mass is 214 g/mol. The first-order chi connectivity index (χ1) is 7.68. The van der Waals surface area contributed by atoms with E-state index >= 15 is 0 Å². The Labute approximate surface area is 92.6 Å². The standard InChI is InChI=1S/C12H10N2O2/c1-8-4-2-3-5-9(8)10-6-14-11(7-13-10)12(15)16/h2-7H,1H3,(H,15,16). The summed E-state index contributed by atoms with van der Waals surface area (Å²) in [6, 6.07) is 7.76. The molecule has 1 aromatic heterocycles. The number of hydrogen-bond acceptors (Lipinski definition) is 3. The van der Waals surface area contributed by atoms with E-state index in [0.29, 0.717) is 5.69 Å². The first-order valence-corrected chi connectivity index (χ1v) is 4.80. The van der Waals surface area contributed by atoms with Crippen LogP contribution in [-0.4, -0.2) is 21.0 Å². The Kier molecular flexibility index (Phi) is 2.64. The molecule has 0 atom stereocenters. The molecule has 0 fully saturated rings. The topological polar surface area (TPSA) is 63.1 Å². The summed E-state index contributed by atoms with van der Waals surface area (Å²) in [5, 5.41) is 8.70. The summed E-state index contributed by atoms with van der Waals surface area (Å²) >= 11 is 0. The quantitative estimate of drug-likeness (QED) is 0.831. The average Bonchev–Trinajstić information content (AvgIpc) is 2.30. The van der Waals surface area contributed by atoms with Crippen LogP contribution >= 0.6 is 0 Å². The number of carboxylic acid groups (broad SMARTS) is 1. The van der Waals surface area contributed by atoms with Gasteiger partial charge >= 0.3 is 5.97 Å². The molecule has 2 aromatic rings. The van der Waals surface area contributed by atoms with E-state index in [2.05, 4.69) is 9.97 Å². The molecule has 0 aliphatic carbocycles. The summed E-state index contributed by atoms with van der Waals surface area (Å²) < 4.78 is 0. The second kappa shape index (κ2) is 4.10. The normalized spacial score (nSPS) is 10.1. The Bertz CT molecular complexity index is 521. The number of rotatable bonds is 2. The third-order valence-electron chi connectivity index (χ3n) is 2.29. The van der Waals surface area contributed by atoms with Crippen molar-refractivity contribution in [2.75, 3.05) is 0 Å². The van der Waals surface area contributed by atoms with Gasteiger partial charge in [-0.25, -0.2) is 9.78 Å². The van der Waals surface area contributed by atoms with Crippen molar-refractivity contribution in [1.29, 1.82) is 0 Å². The van der Waals surface area contributed by atoms with Gasteiger partial charge in [0.1, 0.15) is 0 Å². The molecule has 1 N–H and O–H groups in total. The predicted octanol–water partition coefficient (Wildman–Crippen LogP) is 2.15. The van der Waals surface area contributed by atoms with Crippen molar-refractivity contribution in [3.63, 3.8) is 0 Å². The maximum absolute atomic E-state index is 10.6. The highest BCUT2D eigenvalue weighted by molar-refractivity contribution is 5.85. The van der Waals surface area contributed by atoms with E-state index in [4.69, 9.17) is 5.11 Å². The second-order valence-corrected chi connectivity index (χ2v) is 3.41. The van der Waals surface area contributed by atoms with Gasteiger partial charge < -0.3 is 5.11 Å². The first-order valence-electron chi connectivity index (χ1n) is 4.80. The number of aromatic nitrogens is 2. The minimum Gasteiger partial charge on any atom is -0.476 e. The van der Waals surface area contributed by atoms with E-state index in [9.17, 15) is 4.79 Å². The van der Waals surface area contributed by atoms with Crippen LogP contribution in [0.25, 0.3) is 11.3 Å². The van der Waals surface area contributed by atoms with Gasteiger partial charge in [0.15, 0.2) is 5.69 Å². The van der Waals surface area contributed by atoms with Crippen LogP contribution in [0.5, 0.6) is 0 Å². The lowest BCUT2D eigenvalue weighted by Crippen LogP contribution is -2.01. The van der Waals surface area contributed by atoms with Crippen molar-refractivity contribution >= 4 is 5.97 Å². The van der Waals surface area contributed by atoms with Gasteiger partial charge in [0.25, 0.3) is 0 Å². The van der Waals surface area contributed by atoms with Crippen molar-refractivity contribution < 1.29 is 9.90 Å². The van der Waals surface area contributed by atoms with Crippen LogP contribution in [-0.2, 0) is 0 Å². The van der Waals surface area contributed by atoms with Gasteiger partial charge in [-0.3, -0.25) is 4.98 Å². The van der Waals surface area contributed by atoms with Gasteiger partial charge in [0.05, 0.1) is 18.1 Å². The third-order valence-corrected chi connectivity index (χ3v) is 2.29. The number of benzene rings is 1. The summed E-state index contributed by atoms with van der Waals surface area (Å²) in [5.74, 6) is -1.07. The molecule has 1 heterocycles. The van der Waals surface area contributed by atoms with Crippen LogP contribution in [0.3, 0.4) is 0 Å². The number of aryl methyl sites for hydroxylation is 1. The fraction of sp³-hybridized carbons (Fsp3) is 0.0833. The maximum Gasteiger partial charge on any atom is 0.356 e. The number of aromatic carboxylic acids is 1. The van der Waals surface area contributed by atoms with Gasteiger partial charge in [-0.1, -0.05) is 24.3 Å². The average molecular weight is 214 g/mol. The number of carbonyl (C=O) groups is 1. The smallest absolute Gasteiger partial charge is 0.356 e. The molecule has 0 saturated carbocycles. The first kappa shape index (κ1) is 10.3.